The van der Waals surface area contributed by atoms with Crippen molar-refractivity contribution < 1.29 is 14.3 Å². The summed E-state index contributed by atoms with van der Waals surface area (Å²) in [5.41, 5.74) is 1.38. The van der Waals surface area contributed by atoms with Gasteiger partial charge in [0, 0.05) is 10.9 Å². The van der Waals surface area contributed by atoms with Crippen LogP contribution < -0.4 is 9.47 Å². The van der Waals surface area contributed by atoms with E-state index >= 15 is 0 Å². The van der Waals surface area contributed by atoms with Crippen molar-refractivity contribution in [1.29, 1.82) is 0 Å². The Morgan fingerprint density at radius 1 is 1.27 bits per heavy atom. The number of aromatic amines is 1. The van der Waals surface area contributed by atoms with Gasteiger partial charge in [-0.05, 0) is 18.2 Å². The number of hydrogen-bond acceptors (Lipinski definition) is 3. The average molecular weight is 205 g/mol. The summed E-state index contributed by atoms with van der Waals surface area (Å²) < 4.78 is 10.2. The summed E-state index contributed by atoms with van der Waals surface area (Å²) in [4.78, 5) is 13.9. The van der Waals surface area contributed by atoms with Crippen molar-refractivity contribution in [3.05, 3.63) is 23.8 Å². The fraction of sp³-hybridized carbons (Fsp3) is 0.182. The first kappa shape index (κ1) is 9.58. The number of H-pyrrole nitrogens is 1. The Labute approximate surface area is 86.8 Å². The number of benzene rings is 1. The van der Waals surface area contributed by atoms with E-state index in [4.69, 9.17) is 9.47 Å². The number of hydrogen-bond donors (Lipinski definition) is 1. The quantitative estimate of drug-likeness (QED) is 0.779. The van der Waals surface area contributed by atoms with Crippen molar-refractivity contribution in [3.63, 3.8) is 0 Å². The van der Waals surface area contributed by atoms with Crippen molar-refractivity contribution >= 4 is 17.2 Å². The Bertz CT molecular complexity index is 502. The minimum Gasteiger partial charge on any atom is -0.497 e. The topological polar surface area (TPSA) is 51.3 Å². The van der Waals surface area contributed by atoms with Crippen LogP contribution in [0.15, 0.2) is 18.2 Å². The van der Waals surface area contributed by atoms with E-state index in [2.05, 4.69) is 4.98 Å². The van der Waals surface area contributed by atoms with Crippen LogP contribution >= 0.6 is 0 Å². The molecule has 1 aromatic carbocycles. The first-order chi connectivity index (χ1) is 7.30. The number of methoxy groups -OCH3 is 2. The molecule has 0 amide bonds. The summed E-state index contributed by atoms with van der Waals surface area (Å²) in [6, 6.07) is 5.48. The molecule has 0 unspecified atom stereocenters. The molecule has 1 heterocycles. The third kappa shape index (κ3) is 1.44. The van der Waals surface area contributed by atoms with E-state index in [1.807, 2.05) is 12.1 Å². The van der Waals surface area contributed by atoms with Gasteiger partial charge in [-0.3, -0.25) is 4.79 Å². The standard InChI is InChI=1S/C11H11NO3/c1-14-7-3-4-10-8(5-7)9(6-13)11(12-10)15-2/h3-6,12H,1-2H3. The molecule has 78 valence electrons. The van der Waals surface area contributed by atoms with E-state index in [9.17, 15) is 4.79 Å². The van der Waals surface area contributed by atoms with Gasteiger partial charge < -0.3 is 14.5 Å². The van der Waals surface area contributed by atoms with Gasteiger partial charge in [-0.1, -0.05) is 0 Å². The second kappa shape index (κ2) is 3.65. The number of fused-ring (bicyclic) bond motifs is 1. The molecule has 15 heavy (non-hydrogen) atoms. The zero-order valence-corrected chi connectivity index (χ0v) is 8.53. The number of rotatable bonds is 3. The van der Waals surface area contributed by atoms with Crippen LogP contribution in [0.25, 0.3) is 10.9 Å². The molecule has 0 spiro atoms. The van der Waals surface area contributed by atoms with Crippen molar-refractivity contribution in [3.8, 4) is 11.6 Å². The lowest BCUT2D eigenvalue weighted by Crippen LogP contribution is -1.86. The van der Waals surface area contributed by atoms with Gasteiger partial charge in [-0.15, -0.1) is 0 Å². The van der Waals surface area contributed by atoms with E-state index in [1.54, 1.807) is 13.2 Å². The molecule has 0 aliphatic carbocycles. The van der Waals surface area contributed by atoms with Gasteiger partial charge in [-0.25, -0.2) is 0 Å². The molecule has 0 bridgehead atoms. The normalized spacial score (nSPS) is 10.3. The Hall–Kier alpha value is -1.97. The fourth-order valence-electron chi connectivity index (χ4n) is 1.57. The van der Waals surface area contributed by atoms with Crippen LogP contribution in [0.2, 0.25) is 0 Å². The Morgan fingerprint density at radius 3 is 2.67 bits per heavy atom. The second-order valence-corrected chi connectivity index (χ2v) is 3.10. The van der Waals surface area contributed by atoms with Crippen molar-refractivity contribution in [2.75, 3.05) is 14.2 Å². The number of carbonyl (C=O) groups excluding carboxylic acids is 1. The average Bonchev–Trinajstić information content (AvgIpc) is 2.65. The molecule has 0 atom stereocenters. The first-order valence-electron chi connectivity index (χ1n) is 4.49. The van der Waals surface area contributed by atoms with Gasteiger partial charge in [-0.2, -0.15) is 0 Å². The van der Waals surface area contributed by atoms with Crippen LogP contribution in [0, 0.1) is 0 Å². The summed E-state index contributed by atoms with van der Waals surface area (Å²) in [7, 11) is 3.11. The number of ether oxygens (including phenoxy) is 2. The predicted molar refractivity (Wildman–Crippen MR) is 56.8 cm³/mol. The Kier molecular flexibility index (Phi) is 2.33. The van der Waals surface area contributed by atoms with Crippen molar-refractivity contribution in [2.45, 2.75) is 0 Å². The highest BCUT2D eigenvalue weighted by molar-refractivity contribution is 6.00. The monoisotopic (exact) mass is 205 g/mol. The molecule has 2 aromatic rings. The van der Waals surface area contributed by atoms with Crippen LogP contribution in [-0.4, -0.2) is 25.5 Å². The lowest BCUT2D eigenvalue weighted by atomic mass is 10.2. The molecule has 1 N–H and O–H groups in total. The smallest absolute Gasteiger partial charge is 0.202 e. The maximum absolute atomic E-state index is 10.9. The summed E-state index contributed by atoms with van der Waals surface area (Å²) >= 11 is 0. The highest BCUT2D eigenvalue weighted by atomic mass is 16.5. The van der Waals surface area contributed by atoms with Gasteiger partial charge in [0.1, 0.15) is 5.75 Å². The largest absolute Gasteiger partial charge is 0.497 e. The SMILES string of the molecule is COc1ccc2[nH]c(OC)c(C=O)c2c1. The predicted octanol–water partition coefficient (Wildman–Crippen LogP) is 2.00. The molecule has 0 radical (unpaired) electrons. The molecule has 0 aliphatic heterocycles. The second-order valence-electron chi connectivity index (χ2n) is 3.10. The Morgan fingerprint density at radius 2 is 2.07 bits per heavy atom. The van der Waals surface area contributed by atoms with Crippen LogP contribution in [0.4, 0.5) is 0 Å². The van der Waals surface area contributed by atoms with Gasteiger partial charge >= 0.3 is 0 Å². The van der Waals surface area contributed by atoms with Gasteiger partial charge in [0.25, 0.3) is 0 Å². The maximum Gasteiger partial charge on any atom is 0.202 e. The van der Waals surface area contributed by atoms with E-state index in [0.29, 0.717) is 17.2 Å². The van der Waals surface area contributed by atoms with E-state index < -0.39 is 0 Å². The van der Waals surface area contributed by atoms with Crippen LogP contribution in [0.1, 0.15) is 10.4 Å². The lowest BCUT2D eigenvalue weighted by Gasteiger charge is -1.98. The molecule has 0 aliphatic rings. The van der Waals surface area contributed by atoms with Crippen LogP contribution in [0.5, 0.6) is 11.6 Å². The summed E-state index contributed by atoms with van der Waals surface area (Å²) in [5, 5.41) is 0.807. The van der Waals surface area contributed by atoms with E-state index in [1.165, 1.54) is 7.11 Å². The number of aromatic nitrogens is 1. The zero-order valence-electron chi connectivity index (χ0n) is 8.53. The highest BCUT2D eigenvalue weighted by Crippen LogP contribution is 2.29. The van der Waals surface area contributed by atoms with Crippen molar-refractivity contribution in [2.24, 2.45) is 0 Å². The first-order valence-corrected chi connectivity index (χ1v) is 4.49. The van der Waals surface area contributed by atoms with E-state index in [0.717, 1.165) is 17.2 Å². The molecule has 4 heteroatoms. The third-order valence-electron chi connectivity index (χ3n) is 2.33. The summed E-state index contributed by atoms with van der Waals surface area (Å²) in [6.45, 7) is 0. The number of nitrogens with one attached hydrogen (secondary N) is 1. The van der Waals surface area contributed by atoms with E-state index in [-0.39, 0.29) is 0 Å². The fourth-order valence-corrected chi connectivity index (χ4v) is 1.57. The third-order valence-corrected chi connectivity index (χ3v) is 2.33. The Balaban J connectivity index is 2.73. The molecular formula is C11H11NO3. The molecular weight excluding hydrogens is 194 g/mol. The minimum absolute atomic E-state index is 0.480. The van der Waals surface area contributed by atoms with Crippen LogP contribution in [-0.2, 0) is 0 Å². The van der Waals surface area contributed by atoms with Crippen molar-refractivity contribution in [1.82, 2.24) is 4.98 Å². The zero-order chi connectivity index (χ0) is 10.8. The van der Waals surface area contributed by atoms with Crippen LogP contribution in [0.3, 0.4) is 0 Å². The summed E-state index contributed by atoms with van der Waals surface area (Å²) in [6.07, 6.45) is 0.775. The molecule has 0 fully saturated rings. The lowest BCUT2D eigenvalue weighted by molar-refractivity contribution is 0.112. The molecule has 4 nitrogen and oxygen atoms in total. The van der Waals surface area contributed by atoms with Gasteiger partial charge in [0.2, 0.25) is 5.88 Å². The number of carbonyl (C=O) groups is 1. The molecule has 0 saturated carbocycles. The molecule has 2 rings (SSSR count). The molecule has 0 saturated heterocycles. The summed E-state index contributed by atoms with van der Waals surface area (Å²) in [5.74, 6) is 1.19. The minimum atomic E-state index is 0.480. The highest BCUT2D eigenvalue weighted by Gasteiger charge is 2.11. The van der Waals surface area contributed by atoms with Gasteiger partial charge in [0.15, 0.2) is 6.29 Å². The molecule has 1 aromatic heterocycles. The number of aldehydes is 1. The van der Waals surface area contributed by atoms with Gasteiger partial charge in [0.05, 0.1) is 19.8 Å². The maximum atomic E-state index is 10.9.